The minimum absolute atomic E-state index is 0.0914. The van der Waals surface area contributed by atoms with Gasteiger partial charge < -0.3 is 9.80 Å². The summed E-state index contributed by atoms with van der Waals surface area (Å²) in [5.41, 5.74) is 0.620. The number of benzene rings is 1. The molecule has 2 aliphatic rings. The zero-order valence-corrected chi connectivity index (χ0v) is 15.2. The van der Waals surface area contributed by atoms with Gasteiger partial charge in [-0.15, -0.1) is 0 Å². The van der Waals surface area contributed by atoms with Gasteiger partial charge in [-0.05, 0) is 25.0 Å². The van der Waals surface area contributed by atoms with E-state index < -0.39 is 17.5 Å². The fourth-order valence-corrected chi connectivity index (χ4v) is 4.07. The molecule has 2 atom stereocenters. The maximum absolute atomic E-state index is 14.1. The van der Waals surface area contributed by atoms with E-state index in [-0.39, 0.29) is 29.0 Å². The molecule has 0 saturated carbocycles. The maximum Gasteiger partial charge on any atom is 0.257 e. The molecular formula is C19H20F2N4O2. The molecule has 0 aliphatic carbocycles. The van der Waals surface area contributed by atoms with Gasteiger partial charge in [0.25, 0.3) is 11.8 Å². The van der Waals surface area contributed by atoms with Gasteiger partial charge in [-0.25, -0.2) is 8.78 Å². The Bertz CT molecular complexity index is 926. The molecule has 1 aromatic heterocycles. The summed E-state index contributed by atoms with van der Waals surface area (Å²) >= 11 is 0. The molecule has 0 spiro atoms. The molecule has 0 N–H and O–H groups in total. The smallest absolute Gasteiger partial charge is 0.257 e. The van der Waals surface area contributed by atoms with Crippen LogP contribution in [0.25, 0.3) is 0 Å². The predicted molar refractivity (Wildman–Crippen MR) is 93.1 cm³/mol. The molecule has 4 rings (SSSR count). The summed E-state index contributed by atoms with van der Waals surface area (Å²) in [5, 5.41) is 4.03. The van der Waals surface area contributed by atoms with Crippen molar-refractivity contribution in [3.63, 3.8) is 0 Å². The molecule has 27 heavy (non-hydrogen) atoms. The number of halogens is 2. The summed E-state index contributed by atoms with van der Waals surface area (Å²) in [6.07, 6.45) is 4.00. The Labute approximate surface area is 155 Å². The molecule has 2 aromatic rings. The molecule has 1 aromatic carbocycles. The van der Waals surface area contributed by atoms with E-state index in [2.05, 4.69) is 5.10 Å². The molecule has 142 valence electrons. The maximum atomic E-state index is 14.1. The van der Waals surface area contributed by atoms with Gasteiger partial charge in [0.05, 0.1) is 23.4 Å². The molecule has 6 nitrogen and oxygen atoms in total. The van der Waals surface area contributed by atoms with E-state index in [4.69, 9.17) is 0 Å². The quantitative estimate of drug-likeness (QED) is 0.808. The van der Waals surface area contributed by atoms with Crippen molar-refractivity contribution in [2.24, 2.45) is 13.0 Å². The van der Waals surface area contributed by atoms with Crippen molar-refractivity contribution >= 4 is 11.8 Å². The third-order valence-electron chi connectivity index (χ3n) is 5.53. The molecule has 0 radical (unpaired) electrons. The predicted octanol–water partition coefficient (Wildman–Crippen LogP) is 1.99. The molecular weight excluding hydrogens is 354 g/mol. The van der Waals surface area contributed by atoms with Crippen LogP contribution in [-0.2, 0) is 7.05 Å². The number of carbonyl (C=O) groups is 2. The van der Waals surface area contributed by atoms with E-state index in [0.29, 0.717) is 25.2 Å². The highest BCUT2D eigenvalue weighted by atomic mass is 19.1. The second-order valence-corrected chi connectivity index (χ2v) is 7.31. The lowest BCUT2D eigenvalue weighted by Crippen LogP contribution is -2.40. The van der Waals surface area contributed by atoms with Gasteiger partial charge in [0, 0.05) is 44.9 Å². The van der Waals surface area contributed by atoms with Gasteiger partial charge in [0.2, 0.25) is 0 Å². The highest BCUT2D eigenvalue weighted by molar-refractivity contribution is 5.96. The average molecular weight is 374 g/mol. The zero-order valence-electron chi connectivity index (χ0n) is 15.2. The Kier molecular flexibility index (Phi) is 4.20. The highest BCUT2D eigenvalue weighted by Crippen LogP contribution is 2.33. The number of hydrogen-bond acceptors (Lipinski definition) is 3. The van der Waals surface area contributed by atoms with Crippen molar-refractivity contribution < 1.29 is 18.4 Å². The Morgan fingerprint density at radius 3 is 2.63 bits per heavy atom. The summed E-state index contributed by atoms with van der Waals surface area (Å²) in [4.78, 5) is 28.9. The van der Waals surface area contributed by atoms with Crippen molar-refractivity contribution in [1.82, 2.24) is 19.6 Å². The van der Waals surface area contributed by atoms with E-state index in [1.165, 1.54) is 19.2 Å². The van der Waals surface area contributed by atoms with E-state index in [9.17, 15) is 18.4 Å². The first-order chi connectivity index (χ1) is 12.8. The lowest BCUT2D eigenvalue weighted by molar-refractivity contribution is 0.0687. The van der Waals surface area contributed by atoms with Crippen LogP contribution in [-0.4, -0.2) is 57.1 Å². The van der Waals surface area contributed by atoms with Gasteiger partial charge >= 0.3 is 0 Å². The van der Waals surface area contributed by atoms with Crippen LogP contribution in [0.2, 0.25) is 0 Å². The second kappa shape index (κ2) is 6.44. The number of fused-ring (bicyclic) bond motifs is 1. The lowest BCUT2D eigenvalue weighted by Gasteiger charge is -2.24. The third-order valence-corrected chi connectivity index (χ3v) is 5.53. The lowest BCUT2D eigenvalue weighted by atomic mass is 10.0. The topological polar surface area (TPSA) is 58.4 Å². The number of carbonyl (C=O) groups excluding carboxylic acids is 2. The van der Waals surface area contributed by atoms with Crippen molar-refractivity contribution in [3.8, 4) is 0 Å². The Morgan fingerprint density at radius 2 is 1.93 bits per heavy atom. The summed E-state index contributed by atoms with van der Waals surface area (Å²) in [6, 6.07) is 1.91. The monoisotopic (exact) mass is 374 g/mol. The summed E-state index contributed by atoms with van der Waals surface area (Å²) < 4.78 is 29.1. The van der Waals surface area contributed by atoms with Gasteiger partial charge in [-0.1, -0.05) is 0 Å². The van der Waals surface area contributed by atoms with Crippen LogP contribution >= 0.6 is 0 Å². The number of hydrogen-bond donors (Lipinski definition) is 0. The van der Waals surface area contributed by atoms with Crippen LogP contribution in [0.4, 0.5) is 8.78 Å². The van der Waals surface area contributed by atoms with Crippen LogP contribution in [0.15, 0.2) is 24.5 Å². The standard InChI is InChI=1S/C19H20F2N4O2/c1-11-5-14(16(21)6-15(11)20)19(27)24-9-12-3-4-25(17(12)10-24)18(26)13-7-22-23(2)8-13/h5-8,12,17H,3-4,9-10H2,1-2H3/t12-,17+/m0/s1. The summed E-state index contributed by atoms with van der Waals surface area (Å²) in [6.45, 7) is 2.95. The minimum atomic E-state index is -0.858. The van der Waals surface area contributed by atoms with E-state index in [1.54, 1.807) is 27.7 Å². The first-order valence-electron chi connectivity index (χ1n) is 8.89. The van der Waals surface area contributed by atoms with Crippen LogP contribution in [0.3, 0.4) is 0 Å². The van der Waals surface area contributed by atoms with Gasteiger partial charge in [0.15, 0.2) is 0 Å². The van der Waals surface area contributed by atoms with Gasteiger partial charge in [-0.3, -0.25) is 14.3 Å². The van der Waals surface area contributed by atoms with Crippen molar-refractivity contribution in [2.75, 3.05) is 19.6 Å². The van der Waals surface area contributed by atoms with Gasteiger partial charge in [0.1, 0.15) is 11.6 Å². The zero-order chi connectivity index (χ0) is 19.3. The van der Waals surface area contributed by atoms with Crippen LogP contribution in [0.5, 0.6) is 0 Å². The SMILES string of the molecule is Cc1cc(C(=O)N2C[C@@H]3CCN(C(=O)c4cnn(C)c4)[C@@H]3C2)c(F)cc1F. The first kappa shape index (κ1) is 17.6. The second-order valence-electron chi connectivity index (χ2n) is 7.31. The molecule has 8 heteroatoms. The van der Waals surface area contributed by atoms with Crippen LogP contribution in [0, 0.1) is 24.5 Å². The minimum Gasteiger partial charge on any atom is -0.336 e. The van der Waals surface area contributed by atoms with E-state index in [0.717, 1.165) is 12.5 Å². The molecule has 2 saturated heterocycles. The summed E-state index contributed by atoms with van der Waals surface area (Å²) in [7, 11) is 1.75. The number of nitrogens with zero attached hydrogens (tertiary/aromatic N) is 4. The van der Waals surface area contributed by atoms with Crippen molar-refractivity contribution in [1.29, 1.82) is 0 Å². The van der Waals surface area contributed by atoms with E-state index >= 15 is 0 Å². The average Bonchev–Trinajstić information content (AvgIpc) is 3.32. The van der Waals surface area contributed by atoms with Crippen molar-refractivity contribution in [2.45, 2.75) is 19.4 Å². The molecule has 3 heterocycles. The van der Waals surface area contributed by atoms with Crippen LogP contribution in [0.1, 0.15) is 32.7 Å². The number of aromatic nitrogens is 2. The fourth-order valence-electron chi connectivity index (χ4n) is 4.07. The van der Waals surface area contributed by atoms with Crippen molar-refractivity contribution in [3.05, 3.63) is 52.9 Å². The molecule has 2 fully saturated rings. The molecule has 0 unspecified atom stereocenters. The Morgan fingerprint density at radius 1 is 1.15 bits per heavy atom. The molecule has 2 amide bonds. The molecule has 0 bridgehead atoms. The third kappa shape index (κ3) is 2.98. The Hall–Kier alpha value is -2.77. The first-order valence-corrected chi connectivity index (χ1v) is 8.89. The normalized spacial score (nSPS) is 21.6. The molecule has 2 aliphatic heterocycles. The fraction of sp³-hybridized carbons (Fsp3) is 0.421. The number of rotatable bonds is 2. The Balaban J connectivity index is 1.52. The number of likely N-dealkylation sites (tertiary alicyclic amines) is 2. The summed E-state index contributed by atoms with van der Waals surface area (Å²) in [5.74, 6) is -1.93. The highest BCUT2D eigenvalue weighted by Gasteiger charge is 2.45. The number of amides is 2. The van der Waals surface area contributed by atoms with Crippen LogP contribution < -0.4 is 0 Å². The number of aryl methyl sites for hydroxylation is 2. The largest absolute Gasteiger partial charge is 0.336 e. The van der Waals surface area contributed by atoms with E-state index in [1.807, 2.05) is 0 Å². The van der Waals surface area contributed by atoms with Gasteiger partial charge in [-0.2, -0.15) is 5.10 Å².